The van der Waals surface area contributed by atoms with E-state index in [9.17, 15) is 10.1 Å². The van der Waals surface area contributed by atoms with Gasteiger partial charge in [-0.2, -0.15) is 0 Å². The van der Waals surface area contributed by atoms with E-state index in [1.54, 1.807) is 6.92 Å². The molecular formula is C13H15N3O3. The van der Waals surface area contributed by atoms with E-state index in [1.807, 2.05) is 19.9 Å². The molecule has 2 N–H and O–H groups in total. The predicted octanol–water partition coefficient (Wildman–Crippen LogP) is 3.26. The molecule has 6 nitrogen and oxygen atoms in total. The number of hydrogen-bond acceptors (Lipinski definition) is 5. The Labute approximate surface area is 110 Å². The predicted molar refractivity (Wildman–Crippen MR) is 71.8 cm³/mol. The minimum Gasteiger partial charge on any atom is -0.381 e. The summed E-state index contributed by atoms with van der Waals surface area (Å²) in [7, 11) is 0. The Hall–Kier alpha value is -2.37. The van der Waals surface area contributed by atoms with Crippen LogP contribution in [0.2, 0.25) is 0 Å². The van der Waals surface area contributed by atoms with E-state index in [2.05, 4.69) is 5.16 Å². The standard InChI is InChI=1S/C13H15N3O3/c1-7(2)11-12(19-15-13(11)14)9-4-8(3)5-10(6-9)16(17)18/h4-7H,1-3H3,(H2,14,15). The van der Waals surface area contributed by atoms with E-state index >= 15 is 0 Å². The number of nitrogens with zero attached hydrogens (tertiary/aromatic N) is 2. The molecule has 0 unspecified atom stereocenters. The lowest BCUT2D eigenvalue weighted by Gasteiger charge is -2.06. The number of aromatic nitrogens is 1. The highest BCUT2D eigenvalue weighted by molar-refractivity contribution is 5.69. The summed E-state index contributed by atoms with van der Waals surface area (Å²) in [5, 5.41) is 14.6. The first-order valence-electron chi connectivity index (χ1n) is 5.91. The molecule has 0 fully saturated rings. The van der Waals surface area contributed by atoms with E-state index in [0.29, 0.717) is 17.1 Å². The lowest BCUT2D eigenvalue weighted by molar-refractivity contribution is -0.384. The highest BCUT2D eigenvalue weighted by Gasteiger charge is 2.20. The highest BCUT2D eigenvalue weighted by Crippen LogP contribution is 2.35. The second-order valence-electron chi connectivity index (χ2n) is 4.78. The van der Waals surface area contributed by atoms with Gasteiger partial charge in [0.05, 0.1) is 4.92 Å². The molecule has 1 aromatic carbocycles. The van der Waals surface area contributed by atoms with Gasteiger partial charge < -0.3 is 10.3 Å². The van der Waals surface area contributed by atoms with Crippen LogP contribution in [0, 0.1) is 17.0 Å². The van der Waals surface area contributed by atoms with Gasteiger partial charge in [0.15, 0.2) is 11.6 Å². The van der Waals surface area contributed by atoms with Gasteiger partial charge in [-0.3, -0.25) is 10.1 Å². The number of nitro benzene ring substituents is 1. The number of benzene rings is 1. The molecule has 1 aromatic heterocycles. The van der Waals surface area contributed by atoms with Crippen molar-refractivity contribution >= 4 is 11.5 Å². The molecule has 2 aromatic rings. The summed E-state index contributed by atoms with van der Waals surface area (Å²) in [5.41, 5.74) is 7.99. The van der Waals surface area contributed by atoms with Crippen LogP contribution in [0.3, 0.4) is 0 Å². The maximum atomic E-state index is 10.9. The molecule has 0 amide bonds. The van der Waals surface area contributed by atoms with Crippen LogP contribution in [0.1, 0.15) is 30.9 Å². The quantitative estimate of drug-likeness (QED) is 0.675. The zero-order chi connectivity index (χ0) is 14.2. The van der Waals surface area contributed by atoms with Crippen molar-refractivity contribution in [3.63, 3.8) is 0 Å². The topological polar surface area (TPSA) is 95.2 Å². The molecule has 0 bridgehead atoms. The van der Waals surface area contributed by atoms with Crippen molar-refractivity contribution in [1.82, 2.24) is 5.16 Å². The number of rotatable bonds is 3. The van der Waals surface area contributed by atoms with E-state index in [-0.39, 0.29) is 11.6 Å². The summed E-state index contributed by atoms with van der Waals surface area (Å²) >= 11 is 0. The monoisotopic (exact) mass is 261 g/mol. The van der Waals surface area contributed by atoms with Gasteiger partial charge in [0, 0.05) is 23.3 Å². The van der Waals surface area contributed by atoms with Crippen molar-refractivity contribution in [3.8, 4) is 11.3 Å². The van der Waals surface area contributed by atoms with Crippen molar-refractivity contribution in [2.45, 2.75) is 26.7 Å². The molecule has 0 spiro atoms. The van der Waals surface area contributed by atoms with E-state index < -0.39 is 4.92 Å². The van der Waals surface area contributed by atoms with Crippen LogP contribution in [0.4, 0.5) is 11.5 Å². The van der Waals surface area contributed by atoms with Crippen molar-refractivity contribution in [2.75, 3.05) is 5.73 Å². The third-order valence-corrected chi connectivity index (χ3v) is 2.87. The Morgan fingerprint density at radius 2 is 2.05 bits per heavy atom. The van der Waals surface area contributed by atoms with Gasteiger partial charge in [-0.25, -0.2) is 0 Å². The molecule has 0 radical (unpaired) electrons. The molecule has 2 rings (SSSR count). The lowest BCUT2D eigenvalue weighted by atomic mass is 9.98. The van der Waals surface area contributed by atoms with E-state index in [0.717, 1.165) is 11.1 Å². The first-order chi connectivity index (χ1) is 8.90. The molecule has 0 aliphatic rings. The smallest absolute Gasteiger partial charge is 0.270 e. The van der Waals surface area contributed by atoms with Gasteiger partial charge in [-0.05, 0) is 24.5 Å². The third kappa shape index (κ3) is 2.42. The number of nitrogen functional groups attached to an aromatic ring is 1. The minimum absolute atomic E-state index is 0.0275. The highest BCUT2D eigenvalue weighted by atomic mass is 16.6. The Morgan fingerprint density at radius 1 is 1.37 bits per heavy atom. The van der Waals surface area contributed by atoms with Crippen LogP contribution in [-0.4, -0.2) is 10.1 Å². The van der Waals surface area contributed by atoms with Crippen LogP contribution in [-0.2, 0) is 0 Å². The molecule has 0 atom stereocenters. The van der Waals surface area contributed by atoms with Gasteiger partial charge in [0.1, 0.15) is 0 Å². The van der Waals surface area contributed by atoms with Crippen LogP contribution >= 0.6 is 0 Å². The summed E-state index contributed by atoms with van der Waals surface area (Å²) in [5.74, 6) is 0.953. The van der Waals surface area contributed by atoms with Crippen molar-refractivity contribution in [1.29, 1.82) is 0 Å². The zero-order valence-electron chi connectivity index (χ0n) is 11.0. The first-order valence-corrected chi connectivity index (χ1v) is 5.91. The number of anilines is 1. The minimum atomic E-state index is -0.425. The van der Waals surface area contributed by atoms with E-state index in [4.69, 9.17) is 10.3 Å². The van der Waals surface area contributed by atoms with Gasteiger partial charge in [0.2, 0.25) is 0 Å². The second kappa shape index (κ2) is 4.72. The second-order valence-corrected chi connectivity index (χ2v) is 4.78. The maximum Gasteiger partial charge on any atom is 0.270 e. The average Bonchev–Trinajstić information content (AvgIpc) is 2.70. The van der Waals surface area contributed by atoms with Gasteiger partial charge in [0.25, 0.3) is 5.69 Å². The molecule has 0 saturated carbocycles. The van der Waals surface area contributed by atoms with Gasteiger partial charge in [-0.1, -0.05) is 19.0 Å². The summed E-state index contributed by atoms with van der Waals surface area (Å²) in [6, 6.07) is 4.80. The number of aryl methyl sites for hydroxylation is 1. The van der Waals surface area contributed by atoms with Gasteiger partial charge in [-0.15, -0.1) is 0 Å². The summed E-state index contributed by atoms with van der Waals surface area (Å²) < 4.78 is 5.23. The van der Waals surface area contributed by atoms with Crippen LogP contribution in [0.15, 0.2) is 22.7 Å². The number of nitrogens with two attached hydrogens (primary N) is 1. The Kier molecular flexibility index (Phi) is 3.25. The molecule has 0 aliphatic heterocycles. The molecular weight excluding hydrogens is 246 g/mol. The SMILES string of the molecule is Cc1cc(-c2onc(N)c2C(C)C)cc([N+](=O)[O-])c1. The first kappa shape index (κ1) is 13.1. The summed E-state index contributed by atoms with van der Waals surface area (Å²) in [6.45, 7) is 5.73. The fourth-order valence-corrected chi connectivity index (χ4v) is 2.08. The zero-order valence-corrected chi connectivity index (χ0v) is 11.0. The van der Waals surface area contributed by atoms with Gasteiger partial charge >= 0.3 is 0 Å². The largest absolute Gasteiger partial charge is 0.381 e. The third-order valence-electron chi connectivity index (χ3n) is 2.87. The van der Waals surface area contributed by atoms with Crippen LogP contribution in [0.5, 0.6) is 0 Å². The Bertz CT molecular complexity index is 632. The molecule has 6 heteroatoms. The Morgan fingerprint density at radius 3 is 2.63 bits per heavy atom. The van der Waals surface area contributed by atoms with Crippen LogP contribution in [0.25, 0.3) is 11.3 Å². The molecule has 0 aliphatic carbocycles. The summed E-state index contributed by atoms with van der Waals surface area (Å²) in [4.78, 5) is 10.5. The van der Waals surface area contributed by atoms with Crippen molar-refractivity contribution in [3.05, 3.63) is 39.4 Å². The number of nitro groups is 1. The van der Waals surface area contributed by atoms with Crippen molar-refractivity contribution in [2.24, 2.45) is 0 Å². The Balaban J connectivity index is 2.62. The lowest BCUT2D eigenvalue weighted by Crippen LogP contribution is -1.96. The normalized spacial score (nSPS) is 10.9. The van der Waals surface area contributed by atoms with Crippen molar-refractivity contribution < 1.29 is 9.45 Å². The molecule has 1 heterocycles. The molecule has 100 valence electrons. The number of non-ortho nitro benzene ring substituents is 1. The maximum absolute atomic E-state index is 10.9. The summed E-state index contributed by atoms with van der Waals surface area (Å²) in [6.07, 6.45) is 0. The van der Waals surface area contributed by atoms with Crippen LogP contribution < -0.4 is 5.73 Å². The fraction of sp³-hybridized carbons (Fsp3) is 0.308. The molecule has 19 heavy (non-hydrogen) atoms. The number of hydrogen-bond donors (Lipinski definition) is 1. The molecule has 0 saturated heterocycles. The average molecular weight is 261 g/mol. The fourth-order valence-electron chi connectivity index (χ4n) is 2.08. The van der Waals surface area contributed by atoms with E-state index in [1.165, 1.54) is 12.1 Å².